The fourth-order valence-corrected chi connectivity index (χ4v) is 2.50. The Labute approximate surface area is 151 Å². The highest BCUT2D eigenvalue weighted by Gasteiger charge is 2.39. The summed E-state index contributed by atoms with van der Waals surface area (Å²) in [5, 5.41) is 15.9. The van der Waals surface area contributed by atoms with Gasteiger partial charge in [-0.2, -0.15) is 13.2 Å². The molecular weight excluding hydrogens is 365 g/mol. The van der Waals surface area contributed by atoms with Crippen LogP contribution in [0.2, 0.25) is 0 Å². The van der Waals surface area contributed by atoms with Crippen LogP contribution >= 0.6 is 0 Å². The van der Waals surface area contributed by atoms with Crippen LogP contribution in [0.1, 0.15) is 21.7 Å². The van der Waals surface area contributed by atoms with E-state index in [1.807, 2.05) is 0 Å². The van der Waals surface area contributed by atoms with Gasteiger partial charge in [0.2, 0.25) is 0 Å². The standard InChI is InChI=1S/C17H13F3N4O3/c1-27-12-4-2-10(3-5-12)9-24-14(15(22-23-24)17(18,19)20)11-6-7-21-13(8-11)16(25)26/h2-8H,9H2,1H3,(H,25,26). The number of carboxylic acid groups (broad SMARTS) is 1. The Kier molecular flexibility index (Phi) is 4.80. The van der Waals surface area contributed by atoms with Gasteiger partial charge in [-0.05, 0) is 29.8 Å². The second-order valence-electron chi connectivity index (χ2n) is 5.53. The number of hydrogen-bond donors (Lipinski definition) is 1. The number of nitrogens with zero attached hydrogens (tertiary/aromatic N) is 4. The van der Waals surface area contributed by atoms with Crippen molar-refractivity contribution in [1.29, 1.82) is 0 Å². The number of carbonyl (C=O) groups is 1. The Balaban J connectivity index is 2.08. The van der Waals surface area contributed by atoms with Crippen LogP contribution in [0.3, 0.4) is 0 Å². The molecule has 0 saturated carbocycles. The van der Waals surface area contributed by atoms with Gasteiger partial charge in [-0.1, -0.05) is 17.3 Å². The fourth-order valence-electron chi connectivity index (χ4n) is 2.50. The Morgan fingerprint density at radius 2 is 1.93 bits per heavy atom. The van der Waals surface area contributed by atoms with E-state index in [9.17, 15) is 18.0 Å². The van der Waals surface area contributed by atoms with Crippen LogP contribution in [-0.2, 0) is 12.7 Å². The summed E-state index contributed by atoms with van der Waals surface area (Å²) >= 11 is 0. The van der Waals surface area contributed by atoms with Crippen molar-refractivity contribution >= 4 is 5.97 Å². The quantitative estimate of drug-likeness (QED) is 0.734. The summed E-state index contributed by atoms with van der Waals surface area (Å²) < 4.78 is 46.3. The largest absolute Gasteiger partial charge is 0.497 e. The van der Waals surface area contributed by atoms with E-state index >= 15 is 0 Å². The number of halogens is 3. The summed E-state index contributed by atoms with van der Waals surface area (Å²) in [6, 6.07) is 9.06. The minimum Gasteiger partial charge on any atom is -0.497 e. The summed E-state index contributed by atoms with van der Waals surface area (Å²) in [5.74, 6) is -0.742. The zero-order valence-corrected chi connectivity index (χ0v) is 13.9. The van der Waals surface area contributed by atoms with Crippen LogP contribution in [0.5, 0.6) is 5.75 Å². The van der Waals surface area contributed by atoms with E-state index < -0.39 is 17.8 Å². The molecule has 0 spiro atoms. The van der Waals surface area contributed by atoms with Gasteiger partial charge in [-0.3, -0.25) is 0 Å². The Hall–Kier alpha value is -3.43. The molecule has 27 heavy (non-hydrogen) atoms. The van der Waals surface area contributed by atoms with Crippen LogP contribution < -0.4 is 4.74 Å². The highest BCUT2D eigenvalue weighted by Crippen LogP contribution is 2.35. The van der Waals surface area contributed by atoms with Gasteiger partial charge < -0.3 is 9.84 Å². The number of benzene rings is 1. The molecule has 0 saturated heterocycles. The number of pyridine rings is 1. The minimum atomic E-state index is -4.75. The highest BCUT2D eigenvalue weighted by molar-refractivity contribution is 5.87. The maximum absolute atomic E-state index is 13.4. The predicted octanol–water partition coefficient (Wildman–Crippen LogP) is 3.11. The molecule has 2 heterocycles. The SMILES string of the molecule is COc1ccc(Cn2nnc(C(F)(F)F)c2-c2ccnc(C(=O)O)c2)cc1. The van der Waals surface area contributed by atoms with E-state index in [1.54, 1.807) is 24.3 Å². The first-order chi connectivity index (χ1) is 12.8. The summed E-state index contributed by atoms with van der Waals surface area (Å²) in [4.78, 5) is 14.7. The monoisotopic (exact) mass is 378 g/mol. The molecule has 140 valence electrons. The number of aromatic carboxylic acids is 1. The van der Waals surface area contributed by atoms with Gasteiger partial charge in [0.15, 0.2) is 5.69 Å². The Bertz CT molecular complexity index is 968. The van der Waals surface area contributed by atoms with Crippen molar-refractivity contribution in [1.82, 2.24) is 20.0 Å². The molecule has 0 atom stereocenters. The normalized spacial score (nSPS) is 11.4. The summed E-state index contributed by atoms with van der Waals surface area (Å²) in [6.07, 6.45) is -3.62. The van der Waals surface area contributed by atoms with Crippen molar-refractivity contribution in [3.8, 4) is 17.0 Å². The van der Waals surface area contributed by atoms with Crippen molar-refractivity contribution in [3.63, 3.8) is 0 Å². The zero-order valence-electron chi connectivity index (χ0n) is 13.9. The van der Waals surface area contributed by atoms with Crippen LogP contribution in [0, 0.1) is 0 Å². The molecule has 2 aromatic heterocycles. The van der Waals surface area contributed by atoms with Crippen molar-refractivity contribution in [2.24, 2.45) is 0 Å². The molecular formula is C17H13F3N4O3. The second-order valence-corrected chi connectivity index (χ2v) is 5.53. The number of alkyl halides is 3. The molecule has 0 bridgehead atoms. The van der Waals surface area contributed by atoms with E-state index in [0.29, 0.717) is 11.3 Å². The average molecular weight is 378 g/mol. The maximum Gasteiger partial charge on any atom is 0.437 e. The first kappa shape index (κ1) is 18.4. The molecule has 0 unspecified atom stereocenters. The van der Waals surface area contributed by atoms with E-state index in [1.165, 1.54) is 13.2 Å². The van der Waals surface area contributed by atoms with Gasteiger partial charge in [-0.25, -0.2) is 14.5 Å². The number of methoxy groups -OCH3 is 1. The molecule has 0 fully saturated rings. The summed E-state index contributed by atoms with van der Waals surface area (Å²) in [7, 11) is 1.50. The smallest absolute Gasteiger partial charge is 0.437 e. The molecule has 3 rings (SSSR count). The molecule has 3 aromatic rings. The number of hydrogen-bond acceptors (Lipinski definition) is 5. The number of carboxylic acids is 1. The van der Waals surface area contributed by atoms with Gasteiger partial charge in [0.25, 0.3) is 0 Å². The summed E-state index contributed by atoms with van der Waals surface area (Å²) in [6.45, 7) is 0.00708. The van der Waals surface area contributed by atoms with Crippen molar-refractivity contribution in [2.75, 3.05) is 7.11 Å². The number of ether oxygens (including phenoxy) is 1. The second kappa shape index (κ2) is 7.06. The minimum absolute atomic E-state index is 0.00708. The van der Waals surface area contributed by atoms with Crippen LogP contribution in [0.25, 0.3) is 11.3 Å². The van der Waals surface area contributed by atoms with Gasteiger partial charge >= 0.3 is 12.1 Å². The molecule has 0 amide bonds. The number of aromatic nitrogens is 4. The summed E-state index contributed by atoms with van der Waals surface area (Å²) in [5.41, 5.74) is -1.23. The topological polar surface area (TPSA) is 90.1 Å². The highest BCUT2D eigenvalue weighted by atomic mass is 19.4. The molecule has 10 heteroatoms. The van der Waals surface area contributed by atoms with E-state index in [4.69, 9.17) is 9.84 Å². The van der Waals surface area contributed by atoms with Crippen molar-refractivity contribution in [2.45, 2.75) is 12.7 Å². The molecule has 7 nitrogen and oxygen atoms in total. The van der Waals surface area contributed by atoms with Crippen molar-refractivity contribution < 1.29 is 27.8 Å². The lowest BCUT2D eigenvalue weighted by Crippen LogP contribution is -2.10. The predicted molar refractivity (Wildman–Crippen MR) is 87.3 cm³/mol. The third kappa shape index (κ3) is 3.89. The van der Waals surface area contributed by atoms with E-state index in [-0.39, 0.29) is 23.5 Å². The number of rotatable bonds is 5. The van der Waals surface area contributed by atoms with Crippen LogP contribution in [0.4, 0.5) is 13.2 Å². The third-order valence-electron chi connectivity index (χ3n) is 3.75. The lowest BCUT2D eigenvalue weighted by molar-refractivity contribution is -0.140. The lowest BCUT2D eigenvalue weighted by Gasteiger charge is -2.11. The Morgan fingerprint density at radius 1 is 1.22 bits per heavy atom. The van der Waals surface area contributed by atoms with E-state index in [0.717, 1.165) is 16.9 Å². The molecule has 0 aliphatic heterocycles. The fraction of sp³-hybridized carbons (Fsp3) is 0.176. The zero-order chi connectivity index (χ0) is 19.6. The van der Waals surface area contributed by atoms with Crippen molar-refractivity contribution in [3.05, 3.63) is 59.5 Å². The van der Waals surface area contributed by atoms with Gasteiger partial charge in [0.1, 0.15) is 17.1 Å². The van der Waals surface area contributed by atoms with Gasteiger partial charge in [-0.15, -0.1) is 5.10 Å². The molecule has 0 aliphatic carbocycles. The van der Waals surface area contributed by atoms with Gasteiger partial charge in [0, 0.05) is 11.8 Å². The third-order valence-corrected chi connectivity index (χ3v) is 3.75. The first-order valence-corrected chi connectivity index (χ1v) is 7.63. The first-order valence-electron chi connectivity index (χ1n) is 7.63. The molecule has 0 radical (unpaired) electrons. The van der Waals surface area contributed by atoms with E-state index in [2.05, 4.69) is 15.3 Å². The maximum atomic E-state index is 13.4. The molecule has 1 N–H and O–H groups in total. The van der Waals surface area contributed by atoms with Crippen LogP contribution in [-0.4, -0.2) is 38.2 Å². The lowest BCUT2D eigenvalue weighted by atomic mass is 10.1. The Morgan fingerprint density at radius 3 is 2.52 bits per heavy atom. The average Bonchev–Trinajstić information content (AvgIpc) is 3.06. The molecule has 0 aliphatic rings. The van der Waals surface area contributed by atoms with Gasteiger partial charge in [0.05, 0.1) is 13.7 Å². The molecule has 1 aromatic carbocycles. The van der Waals surface area contributed by atoms with Crippen LogP contribution in [0.15, 0.2) is 42.6 Å².